The molecule has 72 valence electrons. The van der Waals surface area contributed by atoms with E-state index in [1.54, 1.807) is 23.9 Å². The number of aromatic nitrogens is 1. The Morgan fingerprint density at radius 1 is 1.85 bits per heavy atom. The maximum absolute atomic E-state index is 11.3. The van der Waals surface area contributed by atoms with E-state index in [2.05, 4.69) is 5.10 Å². The zero-order chi connectivity index (χ0) is 9.84. The van der Waals surface area contributed by atoms with Gasteiger partial charge in [0.25, 0.3) is 0 Å². The van der Waals surface area contributed by atoms with E-state index in [0.717, 1.165) is 0 Å². The highest BCUT2D eigenvalue weighted by Crippen LogP contribution is 2.01. The van der Waals surface area contributed by atoms with Gasteiger partial charge in [-0.1, -0.05) is 0 Å². The number of ether oxygens (including phenoxy) is 1. The maximum atomic E-state index is 11.3. The highest BCUT2D eigenvalue weighted by molar-refractivity contribution is 7.07. The normalized spacial score (nSPS) is 11.7. The minimum atomic E-state index is -0.351. The highest BCUT2D eigenvalue weighted by Gasteiger charge is 2.11. The predicted molar refractivity (Wildman–Crippen MR) is 49.0 cm³/mol. The van der Waals surface area contributed by atoms with E-state index in [1.165, 1.54) is 11.3 Å². The zero-order valence-corrected chi connectivity index (χ0v) is 8.30. The van der Waals surface area contributed by atoms with Crippen LogP contribution in [-0.2, 0) is 11.8 Å². The first-order valence-electron chi connectivity index (χ1n) is 3.76. The molecule has 5 nitrogen and oxygen atoms in total. The number of carbonyl (C=O) groups is 1. The monoisotopic (exact) mass is 201 g/mol. The predicted octanol–water partition coefficient (Wildman–Crippen LogP) is 0.0377. The van der Waals surface area contributed by atoms with Crippen molar-refractivity contribution in [1.29, 1.82) is 0 Å². The highest BCUT2D eigenvalue weighted by atomic mass is 32.1. The van der Waals surface area contributed by atoms with Crippen LogP contribution in [0.4, 0.5) is 0 Å². The van der Waals surface area contributed by atoms with Crippen LogP contribution in [-0.4, -0.2) is 17.1 Å². The van der Waals surface area contributed by atoms with Crippen molar-refractivity contribution in [3.63, 3.8) is 0 Å². The van der Waals surface area contributed by atoms with E-state index in [4.69, 9.17) is 10.6 Å². The summed E-state index contributed by atoms with van der Waals surface area (Å²) in [5, 5.41) is 5.18. The fraction of sp³-hybridized carbons (Fsp3) is 0.429. The smallest absolute Gasteiger partial charge is 0.355 e. The summed E-state index contributed by atoms with van der Waals surface area (Å²) in [4.78, 5) is 11.9. The lowest BCUT2D eigenvalue weighted by atomic mass is 10.5. The molecule has 6 heteroatoms. The molecule has 2 N–H and O–H groups in total. The summed E-state index contributed by atoms with van der Waals surface area (Å²) in [5.74, 6) is 4.75. The molecule has 0 unspecified atom stereocenters. The number of thiazole rings is 1. The molecule has 0 saturated heterocycles. The van der Waals surface area contributed by atoms with Crippen LogP contribution in [0.2, 0.25) is 0 Å². The largest absolute Gasteiger partial charge is 0.461 e. The number of rotatable bonds is 2. The van der Waals surface area contributed by atoms with Gasteiger partial charge < -0.3 is 15.1 Å². The summed E-state index contributed by atoms with van der Waals surface area (Å²) in [6.45, 7) is 2.13. The molecule has 0 saturated carbocycles. The third-order valence-corrected chi connectivity index (χ3v) is 2.45. The van der Waals surface area contributed by atoms with Crippen molar-refractivity contribution in [2.24, 2.45) is 18.0 Å². The topological polar surface area (TPSA) is 69.6 Å². The van der Waals surface area contributed by atoms with Gasteiger partial charge in [0.2, 0.25) is 4.80 Å². The lowest BCUT2D eigenvalue weighted by Crippen LogP contribution is -2.19. The van der Waals surface area contributed by atoms with Gasteiger partial charge in [-0.15, -0.1) is 11.3 Å². The summed E-state index contributed by atoms with van der Waals surface area (Å²) in [6.07, 6.45) is 0. The Kier molecular flexibility index (Phi) is 3.07. The average molecular weight is 201 g/mol. The molecule has 1 heterocycles. The first-order valence-corrected chi connectivity index (χ1v) is 4.64. The number of hydrogen-bond donors (Lipinski definition) is 1. The van der Waals surface area contributed by atoms with Gasteiger partial charge in [0.05, 0.1) is 6.61 Å². The molecule has 1 rings (SSSR count). The summed E-state index contributed by atoms with van der Waals surface area (Å²) in [7, 11) is 1.72. The quantitative estimate of drug-likeness (QED) is 0.417. The third-order valence-electron chi connectivity index (χ3n) is 1.52. The molecule has 0 fully saturated rings. The molecular formula is C7H11N3O2S. The molecule has 0 aliphatic heterocycles. The zero-order valence-electron chi connectivity index (χ0n) is 7.48. The molecule has 1 aromatic rings. The SMILES string of the molecule is CCOC(=O)c1cs/c(=N/N)n1C. The van der Waals surface area contributed by atoms with Crippen LogP contribution < -0.4 is 10.6 Å². The number of carbonyl (C=O) groups excluding carboxylic acids is 1. The van der Waals surface area contributed by atoms with Crippen LogP contribution in [0.5, 0.6) is 0 Å². The van der Waals surface area contributed by atoms with Crippen molar-refractivity contribution in [3.05, 3.63) is 15.9 Å². The lowest BCUT2D eigenvalue weighted by Gasteiger charge is -2.01. The van der Waals surface area contributed by atoms with E-state index in [1.807, 2.05) is 0 Å². The van der Waals surface area contributed by atoms with Gasteiger partial charge in [-0.25, -0.2) is 4.79 Å². The van der Waals surface area contributed by atoms with Crippen molar-refractivity contribution in [1.82, 2.24) is 4.57 Å². The molecule has 0 amide bonds. The van der Waals surface area contributed by atoms with E-state index in [-0.39, 0.29) is 5.97 Å². The second-order valence-electron chi connectivity index (χ2n) is 2.31. The van der Waals surface area contributed by atoms with Crippen LogP contribution in [0.15, 0.2) is 10.5 Å². The average Bonchev–Trinajstić information content (AvgIpc) is 2.47. The molecule has 0 aliphatic carbocycles. The number of hydrogen-bond acceptors (Lipinski definition) is 5. The first-order chi connectivity index (χ1) is 6.20. The summed E-state index contributed by atoms with van der Waals surface area (Å²) >= 11 is 1.30. The van der Waals surface area contributed by atoms with Crippen LogP contribution in [0.25, 0.3) is 0 Å². The lowest BCUT2D eigenvalue weighted by molar-refractivity contribution is 0.0515. The van der Waals surface area contributed by atoms with Gasteiger partial charge in [-0.2, -0.15) is 5.10 Å². The number of esters is 1. The molecule has 0 bridgehead atoms. The second kappa shape index (κ2) is 4.08. The molecule has 0 spiro atoms. The second-order valence-corrected chi connectivity index (χ2v) is 3.15. The standard InChI is InChI=1S/C7H11N3O2S/c1-3-12-6(11)5-4-13-7(9-8)10(5)2/h4H,3,8H2,1-2H3/b9-7+. The fourth-order valence-electron chi connectivity index (χ4n) is 0.877. The molecule has 0 atom stereocenters. The van der Waals surface area contributed by atoms with Gasteiger partial charge in [0.15, 0.2) is 0 Å². The Balaban J connectivity index is 3.03. The summed E-state index contributed by atoms with van der Waals surface area (Å²) < 4.78 is 6.43. The molecule has 1 aromatic heterocycles. The number of nitrogens with two attached hydrogens (primary N) is 1. The Bertz CT molecular complexity index is 366. The molecule has 13 heavy (non-hydrogen) atoms. The first kappa shape index (κ1) is 9.79. The fourth-order valence-corrected chi connectivity index (χ4v) is 1.67. The summed E-state index contributed by atoms with van der Waals surface area (Å²) in [5.41, 5.74) is 0.469. The van der Waals surface area contributed by atoms with Gasteiger partial charge in [0, 0.05) is 12.4 Å². The third kappa shape index (κ3) is 1.89. The van der Waals surface area contributed by atoms with Crippen molar-refractivity contribution in [3.8, 4) is 0 Å². The maximum Gasteiger partial charge on any atom is 0.355 e. The van der Waals surface area contributed by atoms with Gasteiger partial charge in [0.1, 0.15) is 5.69 Å². The Hall–Kier alpha value is -1.30. The molecule has 0 aromatic carbocycles. The van der Waals surface area contributed by atoms with Crippen molar-refractivity contribution in [2.45, 2.75) is 6.92 Å². The molecule has 0 radical (unpaired) electrons. The Morgan fingerprint density at radius 3 is 3.00 bits per heavy atom. The minimum Gasteiger partial charge on any atom is -0.461 e. The van der Waals surface area contributed by atoms with Crippen molar-refractivity contribution in [2.75, 3.05) is 6.61 Å². The minimum absolute atomic E-state index is 0.351. The van der Waals surface area contributed by atoms with E-state index >= 15 is 0 Å². The van der Waals surface area contributed by atoms with Crippen LogP contribution in [0.1, 0.15) is 17.4 Å². The van der Waals surface area contributed by atoms with E-state index in [0.29, 0.717) is 17.1 Å². The van der Waals surface area contributed by atoms with Gasteiger partial charge in [-0.3, -0.25) is 0 Å². The number of nitrogens with zero attached hydrogens (tertiary/aromatic N) is 2. The van der Waals surface area contributed by atoms with Crippen LogP contribution >= 0.6 is 11.3 Å². The Morgan fingerprint density at radius 2 is 2.54 bits per heavy atom. The summed E-state index contributed by atoms with van der Waals surface area (Å²) in [6, 6.07) is 0. The van der Waals surface area contributed by atoms with Crippen molar-refractivity contribution >= 4 is 17.3 Å². The van der Waals surface area contributed by atoms with Crippen molar-refractivity contribution < 1.29 is 9.53 Å². The molecular weight excluding hydrogens is 190 g/mol. The van der Waals surface area contributed by atoms with E-state index in [9.17, 15) is 4.79 Å². The van der Waals surface area contributed by atoms with Crippen LogP contribution in [0.3, 0.4) is 0 Å². The van der Waals surface area contributed by atoms with Gasteiger partial charge >= 0.3 is 5.97 Å². The van der Waals surface area contributed by atoms with E-state index < -0.39 is 0 Å². The van der Waals surface area contributed by atoms with Gasteiger partial charge in [-0.05, 0) is 6.92 Å². The molecule has 0 aliphatic rings. The Labute approximate surface area is 79.4 Å². The van der Waals surface area contributed by atoms with Crippen LogP contribution in [0, 0.1) is 0 Å².